The second-order valence-electron chi connectivity index (χ2n) is 3.71. The van der Waals surface area contributed by atoms with E-state index in [9.17, 15) is 4.79 Å². The first-order valence-electron chi connectivity index (χ1n) is 5.22. The molecule has 0 spiro atoms. The Bertz CT molecular complexity index is 551. The molecule has 1 amide bonds. The van der Waals surface area contributed by atoms with E-state index in [-0.39, 0.29) is 0 Å². The third-order valence-electron chi connectivity index (χ3n) is 2.56. The van der Waals surface area contributed by atoms with Crippen LogP contribution in [-0.2, 0) is 6.54 Å². The molecule has 0 radical (unpaired) electrons. The summed E-state index contributed by atoms with van der Waals surface area (Å²) in [6.45, 7) is 0.317. The van der Waals surface area contributed by atoms with Gasteiger partial charge in [0.2, 0.25) is 0 Å². The summed E-state index contributed by atoms with van der Waals surface area (Å²) in [7, 11) is 1.63. The fourth-order valence-electron chi connectivity index (χ4n) is 1.69. The van der Waals surface area contributed by atoms with E-state index in [1.165, 1.54) is 0 Å². The predicted molar refractivity (Wildman–Crippen MR) is 65.4 cm³/mol. The first-order valence-corrected chi connectivity index (χ1v) is 5.22. The molecule has 0 unspecified atom stereocenters. The van der Waals surface area contributed by atoms with Crippen LogP contribution in [0.2, 0.25) is 0 Å². The van der Waals surface area contributed by atoms with E-state index >= 15 is 0 Å². The van der Waals surface area contributed by atoms with Gasteiger partial charge in [0, 0.05) is 6.54 Å². The van der Waals surface area contributed by atoms with E-state index in [1.807, 2.05) is 36.4 Å². The highest BCUT2D eigenvalue weighted by Crippen LogP contribution is 2.21. The molecule has 0 aliphatic heterocycles. The van der Waals surface area contributed by atoms with Crippen LogP contribution in [0.3, 0.4) is 0 Å². The van der Waals surface area contributed by atoms with E-state index in [4.69, 9.17) is 9.84 Å². The van der Waals surface area contributed by atoms with Gasteiger partial charge >= 0.3 is 6.09 Å². The third kappa shape index (κ3) is 2.66. The van der Waals surface area contributed by atoms with E-state index in [1.54, 1.807) is 7.11 Å². The number of fused-ring (bicyclic) bond motifs is 1. The molecule has 0 atom stereocenters. The van der Waals surface area contributed by atoms with Crippen molar-refractivity contribution in [2.24, 2.45) is 0 Å². The molecular formula is C13H13NO3. The van der Waals surface area contributed by atoms with Gasteiger partial charge in [0.05, 0.1) is 7.11 Å². The number of benzene rings is 2. The van der Waals surface area contributed by atoms with E-state index in [2.05, 4.69) is 5.32 Å². The van der Waals surface area contributed by atoms with Crippen molar-refractivity contribution in [3.8, 4) is 5.75 Å². The number of nitrogens with one attached hydrogen (secondary N) is 1. The zero-order valence-electron chi connectivity index (χ0n) is 9.43. The average Bonchev–Trinajstić information content (AvgIpc) is 2.35. The van der Waals surface area contributed by atoms with Crippen LogP contribution in [0.25, 0.3) is 10.8 Å². The molecule has 4 nitrogen and oxygen atoms in total. The van der Waals surface area contributed by atoms with Crippen molar-refractivity contribution in [3.63, 3.8) is 0 Å². The topological polar surface area (TPSA) is 58.6 Å². The molecule has 0 saturated carbocycles. The molecule has 2 N–H and O–H groups in total. The van der Waals surface area contributed by atoms with Crippen LogP contribution in [0.5, 0.6) is 5.75 Å². The highest BCUT2D eigenvalue weighted by atomic mass is 16.5. The standard InChI is InChI=1S/C13H13NO3/c1-17-12-5-4-10-6-9(8-14-13(15)16)2-3-11(10)7-12/h2-7,14H,8H2,1H3,(H,15,16). The molecule has 2 aromatic rings. The molecule has 0 fully saturated rings. The molecule has 17 heavy (non-hydrogen) atoms. The molecule has 0 heterocycles. The monoisotopic (exact) mass is 231 g/mol. The van der Waals surface area contributed by atoms with Crippen LogP contribution in [0.1, 0.15) is 5.56 Å². The predicted octanol–water partition coefficient (Wildman–Crippen LogP) is 2.62. The Hall–Kier alpha value is -2.23. The maximum atomic E-state index is 10.4. The Balaban J connectivity index is 2.28. The minimum absolute atomic E-state index is 0.317. The van der Waals surface area contributed by atoms with Crippen molar-refractivity contribution in [1.29, 1.82) is 0 Å². The first-order chi connectivity index (χ1) is 8.19. The van der Waals surface area contributed by atoms with Gasteiger partial charge in [-0.05, 0) is 34.5 Å². The van der Waals surface area contributed by atoms with Gasteiger partial charge in [-0.2, -0.15) is 0 Å². The zero-order chi connectivity index (χ0) is 12.3. The summed E-state index contributed by atoms with van der Waals surface area (Å²) in [6, 6.07) is 11.6. The minimum atomic E-state index is -1.01. The molecule has 0 bridgehead atoms. The number of ether oxygens (including phenoxy) is 1. The van der Waals surface area contributed by atoms with Gasteiger partial charge in [-0.1, -0.05) is 18.2 Å². The number of hydrogen-bond donors (Lipinski definition) is 2. The normalized spacial score (nSPS) is 10.2. The van der Waals surface area contributed by atoms with E-state index in [0.29, 0.717) is 6.54 Å². The van der Waals surface area contributed by atoms with Gasteiger partial charge in [0.15, 0.2) is 0 Å². The summed E-state index contributed by atoms with van der Waals surface area (Å²) in [6.07, 6.45) is -1.01. The van der Waals surface area contributed by atoms with Crippen molar-refractivity contribution < 1.29 is 14.6 Å². The second-order valence-corrected chi connectivity index (χ2v) is 3.71. The highest BCUT2D eigenvalue weighted by Gasteiger charge is 2.00. The van der Waals surface area contributed by atoms with Gasteiger partial charge < -0.3 is 15.2 Å². The third-order valence-corrected chi connectivity index (χ3v) is 2.56. The second kappa shape index (κ2) is 4.74. The number of carboxylic acid groups (broad SMARTS) is 1. The molecule has 0 saturated heterocycles. The van der Waals surface area contributed by atoms with Crippen LogP contribution in [0.4, 0.5) is 4.79 Å². The van der Waals surface area contributed by atoms with Crippen molar-refractivity contribution in [1.82, 2.24) is 5.32 Å². The van der Waals surface area contributed by atoms with Crippen LogP contribution in [0.15, 0.2) is 36.4 Å². The molecule has 2 rings (SSSR count). The summed E-state index contributed by atoms with van der Waals surface area (Å²) in [5.41, 5.74) is 0.935. The molecule has 0 aliphatic rings. The Labute approximate surface area is 98.8 Å². The van der Waals surface area contributed by atoms with E-state index < -0.39 is 6.09 Å². The summed E-state index contributed by atoms with van der Waals surface area (Å²) in [5, 5.41) is 13.0. The summed E-state index contributed by atoms with van der Waals surface area (Å²) >= 11 is 0. The van der Waals surface area contributed by atoms with Crippen molar-refractivity contribution in [2.75, 3.05) is 7.11 Å². The molecule has 88 valence electrons. The lowest BCUT2D eigenvalue weighted by molar-refractivity contribution is 0.194. The van der Waals surface area contributed by atoms with Gasteiger partial charge in [0.25, 0.3) is 0 Å². The maximum absolute atomic E-state index is 10.4. The van der Waals surface area contributed by atoms with Gasteiger partial charge in [0.1, 0.15) is 5.75 Å². The molecular weight excluding hydrogens is 218 g/mol. The Morgan fingerprint density at radius 2 is 1.94 bits per heavy atom. The summed E-state index contributed by atoms with van der Waals surface area (Å²) < 4.78 is 5.14. The van der Waals surface area contributed by atoms with E-state index in [0.717, 1.165) is 22.1 Å². The summed E-state index contributed by atoms with van der Waals surface area (Å²) in [4.78, 5) is 10.4. The van der Waals surface area contributed by atoms with Gasteiger partial charge in [-0.3, -0.25) is 0 Å². The zero-order valence-corrected chi connectivity index (χ0v) is 9.43. The highest BCUT2D eigenvalue weighted by molar-refractivity contribution is 5.84. The Morgan fingerprint density at radius 3 is 2.65 bits per heavy atom. The first kappa shape index (κ1) is 11.3. The van der Waals surface area contributed by atoms with Gasteiger partial charge in [-0.25, -0.2) is 4.79 Å². The SMILES string of the molecule is COc1ccc2cc(CNC(=O)O)ccc2c1. The number of amides is 1. The number of methoxy groups -OCH3 is 1. The smallest absolute Gasteiger partial charge is 0.404 e. The van der Waals surface area contributed by atoms with Crippen LogP contribution < -0.4 is 10.1 Å². The molecule has 0 aliphatic carbocycles. The number of hydrogen-bond acceptors (Lipinski definition) is 2. The van der Waals surface area contributed by atoms with Gasteiger partial charge in [-0.15, -0.1) is 0 Å². The number of carbonyl (C=O) groups is 1. The van der Waals surface area contributed by atoms with Crippen molar-refractivity contribution in [2.45, 2.75) is 6.54 Å². The number of rotatable bonds is 3. The Morgan fingerprint density at radius 1 is 1.24 bits per heavy atom. The van der Waals surface area contributed by atoms with Crippen LogP contribution in [0, 0.1) is 0 Å². The van der Waals surface area contributed by atoms with Crippen molar-refractivity contribution >= 4 is 16.9 Å². The quantitative estimate of drug-likeness (QED) is 0.853. The van der Waals surface area contributed by atoms with Crippen molar-refractivity contribution in [3.05, 3.63) is 42.0 Å². The van der Waals surface area contributed by atoms with Crippen LogP contribution in [-0.4, -0.2) is 18.3 Å². The lowest BCUT2D eigenvalue weighted by atomic mass is 10.1. The largest absolute Gasteiger partial charge is 0.497 e. The van der Waals surface area contributed by atoms with Crippen LogP contribution >= 0.6 is 0 Å². The fraction of sp³-hybridized carbons (Fsp3) is 0.154. The fourth-order valence-corrected chi connectivity index (χ4v) is 1.69. The lowest BCUT2D eigenvalue weighted by Gasteiger charge is -2.05. The molecule has 0 aromatic heterocycles. The summed E-state index contributed by atoms with van der Waals surface area (Å²) in [5.74, 6) is 0.814. The maximum Gasteiger partial charge on any atom is 0.404 e. The Kier molecular flexibility index (Phi) is 3.14. The lowest BCUT2D eigenvalue weighted by Crippen LogP contribution is -2.19. The average molecular weight is 231 g/mol. The minimum Gasteiger partial charge on any atom is -0.497 e. The molecule has 4 heteroatoms. The molecule has 2 aromatic carbocycles.